The van der Waals surface area contributed by atoms with E-state index < -0.39 is 0 Å². The summed E-state index contributed by atoms with van der Waals surface area (Å²) in [6.07, 6.45) is 0. The average molecular weight is 358 g/mol. The lowest BCUT2D eigenvalue weighted by molar-refractivity contribution is -0.130. The number of amides is 1. The van der Waals surface area contributed by atoms with Crippen LogP contribution in [0.1, 0.15) is 11.1 Å². The molecule has 0 radical (unpaired) electrons. The van der Waals surface area contributed by atoms with Crippen LogP contribution < -0.4 is 10.2 Å². The van der Waals surface area contributed by atoms with Crippen molar-refractivity contribution < 1.29 is 4.79 Å². The van der Waals surface area contributed by atoms with Gasteiger partial charge in [0.1, 0.15) is 0 Å². The normalized spacial score (nSPS) is 14.6. The summed E-state index contributed by atoms with van der Waals surface area (Å²) in [5.41, 5.74) is 3.64. The maximum atomic E-state index is 12.4. The molecule has 0 aliphatic carbocycles. The van der Waals surface area contributed by atoms with Gasteiger partial charge in [-0.15, -0.1) is 0 Å². The Kier molecular flexibility index (Phi) is 5.95. The van der Waals surface area contributed by atoms with Crippen LogP contribution in [0.25, 0.3) is 0 Å². The highest BCUT2D eigenvalue weighted by molar-refractivity contribution is 6.30. The number of carbonyl (C=O) groups is 1. The number of carbonyl (C=O) groups excluding carboxylic acids is 1. The molecule has 0 bridgehead atoms. The Morgan fingerprint density at radius 1 is 1.08 bits per heavy atom. The third-order valence-electron chi connectivity index (χ3n) is 4.52. The van der Waals surface area contributed by atoms with Crippen LogP contribution in [0.2, 0.25) is 5.02 Å². The van der Waals surface area contributed by atoms with E-state index in [-0.39, 0.29) is 5.91 Å². The van der Waals surface area contributed by atoms with E-state index in [0.717, 1.165) is 36.8 Å². The van der Waals surface area contributed by atoms with Crippen LogP contribution in [0.15, 0.2) is 48.5 Å². The van der Waals surface area contributed by atoms with E-state index in [2.05, 4.69) is 41.4 Å². The molecule has 0 spiro atoms. The van der Waals surface area contributed by atoms with Crippen molar-refractivity contribution in [2.75, 3.05) is 37.6 Å². The van der Waals surface area contributed by atoms with E-state index in [9.17, 15) is 4.79 Å². The molecule has 2 aromatic carbocycles. The summed E-state index contributed by atoms with van der Waals surface area (Å²) in [5, 5.41) is 3.95. The Balaban J connectivity index is 1.43. The summed E-state index contributed by atoms with van der Waals surface area (Å²) in [4.78, 5) is 16.7. The average Bonchev–Trinajstić information content (AvgIpc) is 2.63. The predicted octanol–water partition coefficient (Wildman–Crippen LogP) is 3.09. The second-order valence-corrected chi connectivity index (χ2v) is 6.87. The van der Waals surface area contributed by atoms with Crippen LogP contribution in [0.3, 0.4) is 0 Å². The zero-order chi connectivity index (χ0) is 17.6. The van der Waals surface area contributed by atoms with E-state index >= 15 is 0 Å². The molecule has 0 aromatic heterocycles. The summed E-state index contributed by atoms with van der Waals surface area (Å²) in [5.74, 6) is 0.165. The molecule has 0 saturated carbocycles. The SMILES string of the molecule is Cc1cccc(N2CCN(C(=O)CNCc3ccc(Cl)cc3)CC2)c1. The fourth-order valence-corrected chi connectivity index (χ4v) is 3.19. The second-order valence-electron chi connectivity index (χ2n) is 6.44. The lowest BCUT2D eigenvalue weighted by Gasteiger charge is -2.36. The number of benzene rings is 2. The van der Waals surface area contributed by atoms with E-state index in [1.165, 1.54) is 11.3 Å². The van der Waals surface area contributed by atoms with Crippen molar-refractivity contribution in [3.63, 3.8) is 0 Å². The number of rotatable bonds is 5. The lowest BCUT2D eigenvalue weighted by atomic mass is 10.2. The van der Waals surface area contributed by atoms with Crippen molar-refractivity contribution >= 4 is 23.2 Å². The van der Waals surface area contributed by atoms with Gasteiger partial charge in [0, 0.05) is 43.4 Å². The number of piperazine rings is 1. The quantitative estimate of drug-likeness (QED) is 0.893. The van der Waals surface area contributed by atoms with Crippen LogP contribution >= 0.6 is 11.6 Å². The lowest BCUT2D eigenvalue weighted by Crippen LogP contribution is -2.50. The van der Waals surface area contributed by atoms with Crippen LogP contribution in [0.4, 0.5) is 5.69 Å². The zero-order valence-corrected chi connectivity index (χ0v) is 15.3. The van der Waals surface area contributed by atoms with Crippen molar-refractivity contribution in [1.82, 2.24) is 10.2 Å². The second kappa shape index (κ2) is 8.37. The van der Waals surface area contributed by atoms with Crippen LogP contribution in [-0.2, 0) is 11.3 Å². The molecule has 1 fully saturated rings. The van der Waals surface area contributed by atoms with E-state index in [0.29, 0.717) is 13.1 Å². The molecule has 25 heavy (non-hydrogen) atoms. The Bertz CT molecular complexity index is 709. The number of nitrogens with zero attached hydrogens (tertiary/aromatic N) is 2. The summed E-state index contributed by atoms with van der Waals surface area (Å²) in [6, 6.07) is 16.2. The van der Waals surface area contributed by atoms with Gasteiger partial charge in [-0.1, -0.05) is 35.9 Å². The number of aryl methyl sites for hydroxylation is 1. The van der Waals surface area contributed by atoms with Gasteiger partial charge < -0.3 is 15.1 Å². The highest BCUT2D eigenvalue weighted by atomic mass is 35.5. The minimum Gasteiger partial charge on any atom is -0.368 e. The summed E-state index contributed by atoms with van der Waals surface area (Å²) in [7, 11) is 0. The Hall–Kier alpha value is -2.04. The van der Waals surface area contributed by atoms with Gasteiger partial charge in [0.25, 0.3) is 0 Å². The number of anilines is 1. The van der Waals surface area contributed by atoms with Gasteiger partial charge in [-0.25, -0.2) is 0 Å². The highest BCUT2D eigenvalue weighted by Gasteiger charge is 2.20. The van der Waals surface area contributed by atoms with Gasteiger partial charge in [-0.05, 0) is 42.3 Å². The molecule has 132 valence electrons. The molecular weight excluding hydrogens is 334 g/mol. The first kappa shape index (κ1) is 17.8. The van der Waals surface area contributed by atoms with Crippen molar-refractivity contribution in [1.29, 1.82) is 0 Å². The van der Waals surface area contributed by atoms with Gasteiger partial charge in [0.15, 0.2) is 0 Å². The largest absolute Gasteiger partial charge is 0.368 e. The molecule has 1 aliphatic heterocycles. The molecule has 1 aliphatic rings. The molecule has 1 N–H and O–H groups in total. The molecule has 0 unspecified atom stereocenters. The van der Waals surface area contributed by atoms with E-state index in [1.807, 2.05) is 29.2 Å². The number of nitrogens with one attached hydrogen (secondary N) is 1. The topological polar surface area (TPSA) is 35.6 Å². The molecule has 4 nitrogen and oxygen atoms in total. The first-order valence-corrected chi connectivity index (χ1v) is 9.04. The maximum absolute atomic E-state index is 12.4. The molecule has 1 heterocycles. The zero-order valence-electron chi connectivity index (χ0n) is 14.5. The fourth-order valence-electron chi connectivity index (χ4n) is 3.07. The highest BCUT2D eigenvalue weighted by Crippen LogP contribution is 2.17. The molecule has 5 heteroatoms. The smallest absolute Gasteiger partial charge is 0.236 e. The van der Waals surface area contributed by atoms with E-state index in [1.54, 1.807) is 0 Å². The minimum atomic E-state index is 0.165. The Labute approximate surface area is 154 Å². The molecular formula is C20H24ClN3O. The minimum absolute atomic E-state index is 0.165. The third-order valence-corrected chi connectivity index (χ3v) is 4.77. The third kappa shape index (κ3) is 4.97. The van der Waals surface area contributed by atoms with Gasteiger partial charge in [-0.3, -0.25) is 4.79 Å². The molecule has 1 amide bonds. The van der Waals surface area contributed by atoms with Crippen LogP contribution in [0, 0.1) is 6.92 Å². The molecule has 1 saturated heterocycles. The van der Waals surface area contributed by atoms with Gasteiger partial charge in [-0.2, -0.15) is 0 Å². The predicted molar refractivity (Wildman–Crippen MR) is 103 cm³/mol. The molecule has 3 rings (SSSR count). The molecule has 0 atom stereocenters. The van der Waals surface area contributed by atoms with Crippen molar-refractivity contribution in [2.45, 2.75) is 13.5 Å². The van der Waals surface area contributed by atoms with Crippen molar-refractivity contribution in [3.05, 3.63) is 64.7 Å². The standard InChI is InChI=1S/C20H24ClN3O/c1-16-3-2-4-19(13-16)23-9-11-24(12-10-23)20(25)15-22-14-17-5-7-18(21)8-6-17/h2-8,13,22H,9-12,14-15H2,1H3. The Morgan fingerprint density at radius 3 is 2.48 bits per heavy atom. The fraction of sp³-hybridized carbons (Fsp3) is 0.350. The maximum Gasteiger partial charge on any atom is 0.236 e. The summed E-state index contributed by atoms with van der Waals surface area (Å²) >= 11 is 5.88. The number of hydrogen-bond donors (Lipinski definition) is 1. The van der Waals surface area contributed by atoms with Gasteiger partial charge in [0.05, 0.1) is 6.54 Å². The summed E-state index contributed by atoms with van der Waals surface area (Å²) in [6.45, 7) is 6.46. The van der Waals surface area contributed by atoms with Gasteiger partial charge in [0.2, 0.25) is 5.91 Å². The monoisotopic (exact) mass is 357 g/mol. The van der Waals surface area contributed by atoms with Crippen LogP contribution in [0.5, 0.6) is 0 Å². The van der Waals surface area contributed by atoms with Crippen molar-refractivity contribution in [3.8, 4) is 0 Å². The van der Waals surface area contributed by atoms with Crippen LogP contribution in [-0.4, -0.2) is 43.5 Å². The first-order chi connectivity index (χ1) is 12.1. The first-order valence-electron chi connectivity index (χ1n) is 8.66. The Morgan fingerprint density at radius 2 is 1.80 bits per heavy atom. The van der Waals surface area contributed by atoms with Crippen molar-refractivity contribution in [2.24, 2.45) is 0 Å². The number of halogens is 1. The summed E-state index contributed by atoms with van der Waals surface area (Å²) < 4.78 is 0. The number of hydrogen-bond acceptors (Lipinski definition) is 3. The van der Waals surface area contributed by atoms with Gasteiger partial charge >= 0.3 is 0 Å². The van der Waals surface area contributed by atoms with E-state index in [4.69, 9.17) is 11.6 Å². The molecule has 2 aromatic rings.